The zero-order valence-electron chi connectivity index (χ0n) is 19.8. The molecule has 0 spiro atoms. The molecule has 3 rings (SSSR count). The van der Waals surface area contributed by atoms with Gasteiger partial charge in [-0.1, -0.05) is 55.2 Å². The van der Waals surface area contributed by atoms with Gasteiger partial charge in [0, 0.05) is 12.6 Å². The number of hydrogen-bond acceptors (Lipinski definition) is 3. The fraction of sp³-hybridized carbons (Fsp3) is 0.481. The van der Waals surface area contributed by atoms with E-state index in [9.17, 15) is 9.59 Å². The van der Waals surface area contributed by atoms with Crippen LogP contribution in [-0.2, 0) is 16.1 Å². The van der Waals surface area contributed by atoms with Crippen molar-refractivity contribution in [2.75, 3.05) is 6.61 Å². The Morgan fingerprint density at radius 1 is 1.00 bits per heavy atom. The minimum Gasteiger partial charge on any atom is -0.484 e. The molecule has 1 N–H and O–H groups in total. The van der Waals surface area contributed by atoms with E-state index in [0.717, 1.165) is 47.9 Å². The SMILES string of the molecule is Cc1cccc(CN(C(=O)COc2cc(C)cc(C)c2)C(C)C(=O)NC2CCCCC2)c1. The first-order chi connectivity index (χ1) is 15.3. The van der Waals surface area contributed by atoms with Gasteiger partial charge in [0.05, 0.1) is 0 Å². The number of benzene rings is 2. The molecule has 5 heteroatoms. The van der Waals surface area contributed by atoms with Gasteiger partial charge in [-0.25, -0.2) is 0 Å². The minimum absolute atomic E-state index is 0.0932. The molecule has 5 nitrogen and oxygen atoms in total. The van der Waals surface area contributed by atoms with Crippen LogP contribution in [0.25, 0.3) is 0 Å². The van der Waals surface area contributed by atoms with E-state index in [2.05, 4.69) is 17.4 Å². The summed E-state index contributed by atoms with van der Waals surface area (Å²) in [6.07, 6.45) is 5.56. The van der Waals surface area contributed by atoms with Crippen LogP contribution in [0.3, 0.4) is 0 Å². The molecule has 0 aromatic heterocycles. The van der Waals surface area contributed by atoms with Gasteiger partial charge in [-0.15, -0.1) is 0 Å². The van der Waals surface area contributed by atoms with E-state index in [-0.39, 0.29) is 24.5 Å². The van der Waals surface area contributed by atoms with Gasteiger partial charge in [0.15, 0.2) is 6.61 Å². The number of hydrogen-bond donors (Lipinski definition) is 1. The molecule has 0 radical (unpaired) electrons. The number of rotatable bonds is 8. The number of amides is 2. The second-order valence-electron chi connectivity index (χ2n) is 9.14. The summed E-state index contributed by atoms with van der Waals surface area (Å²) in [5.41, 5.74) is 4.30. The van der Waals surface area contributed by atoms with Gasteiger partial charge < -0.3 is 15.0 Å². The molecule has 0 bridgehead atoms. The van der Waals surface area contributed by atoms with Crippen LogP contribution >= 0.6 is 0 Å². The summed E-state index contributed by atoms with van der Waals surface area (Å²) in [6, 6.07) is 13.6. The summed E-state index contributed by atoms with van der Waals surface area (Å²) >= 11 is 0. The van der Waals surface area contributed by atoms with Gasteiger partial charge >= 0.3 is 0 Å². The van der Waals surface area contributed by atoms with Gasteiger partial charge in [0.25, 0.3) is 5.91 Å². The first-order valence-corrected chi connectivity index (χ1v) is 11.7. The third-order valence-corrected chi connectivity index (χ3v) is 6.11. The highest BCUT2D eigenvalue weighted by molar-refractivity contribution is 5.88. The third-order valence-electron chi connectivity index (χ3n) is 6.11. The molecule has 1 aliphatic rings. The van der Waals surface area contributed by atoms with E-state index in [4.69, 9.17) is 4.74 Å². The van der Waals surface area contributed by atoms with Crippen molar-refractivity contribution in [2.24, 2.45) is 0 Å². The molecule has 2 amide bonds. The van der Waals surface area contributed by atoms with Crippen molar-refractivity contribution in [3.63, 3.8) is 0 Å². The highest BCUT2D eigenvalue weighted by Crippen LogP contribution is 2.19. The van der Waals surface area contributed by atoms with Crippen LogP contribution in [0.1, 0.15) is 61.3 Å². The van der Waals surface area contributed by atoms with Gasteiger partial charge in [0.1, 0.15) is 11.8 Å². The Morgan fingerprint density at radius 2 is 1.69 bits per heavy atom. The van der Waals surface area contributed by atoms with Crippen LogP contribution in [-0.4, -0.2) is 35.4 Å². The molecular weight excluding hydrogens is 400 g/mol. The minimum atomic E-state index is -0.576. The number of carbonyl (C=O) groups is 2. The molecule has 2 aromatic rings. The van der Waals surface area contributed by atoms with Gasteiger partial charge in [-0.3, -0.25) is 9.59 Å². The first-order valence-electron chi connectivity index (χ1n) is 11.7. The monoisotopic (exact) mass is 436 g/mol. The summed E-state index contributed by atoms with van der Waals surface area (Å²) in [7, 11) is 0. The highest BCUT2D eigenvalue weighted by atomic mass is 16.5. The number of nitrogens with one attached hydrogen (secondary N) is 1. The van der Waals surface area contributed by atoms with Crippen LogP contribution in [0.5, 0.6) is 5.75 Å². The Hall–Kier alpha value is -2.82. The van der Waals surface area contributed by atoms with Crippen molar-refractivity contribution in [1.29, 1.82) is 0 Å². The zero-order valence-corrected chi connectivity index (χ0v) is 19.8. The highest BCUT2D eigenvalue weighted by Gasteiger charge is 2.28. The third kappa shape index (κ3) is 6.84. The summed E-state index contributed by atoms with van der Waals surface area (Å²) in [5.74, 6) is 0.381. The predicted octanol–water partition coefficient (Wildman–Crippen LogP) is 4.86. The normalized spacial score (nSPS) is 15.1. The van der Waals surface area contributed by atoms with E-state index in [1.165, 1.54) is 6.42 Å². The van der Waals surface area contributed by atoms with Crippen LogP contribution in [0, 0.1) is 20.8 Å². The maximum absolute atomic E-state index is 13.2. The number of ether oxygens (including phenoxy) is 1. The average molecular weight is 437 g/mol. The largest absolute Gasteiger partial charge is 0.484 e. The van der Waals surface area contributed by atoms with Crippen molar-refractivity contribution in [2.45, 2.75) is 78.4 Å². The van der Waals surface area contributed by atoms with Crippen molar-refractivity contribution in [3.8, 4) is 5.75 Å². The molecule has 1 saturated carbocycles. The first kappa shape index (κ1) is 23.8. The van der Waals surface area contributed by atoms with Crippen molar-refractivity contribution in [1.82, 2.24) is 10.2 Å². The van der Waals surface area contributed by atoms with Crippen molar-refractivity contribution >= 4 is 11.8 Å². The Kier molecular flexibility index (Phi) is 8.32. The van der Waals surface area contributed by atoms with Crippen molar-refractivity contribution < 1.29 is 14.3 Å². The smallest absolute Gasteiger partial charge is 0.261 e. The lowest BCUT2D eigenvalue weighted by atomic mass is 9.95. The van der Waals surface area contributed by atoms with Crippen LogP contribution < -0.4 is 10.1 Å². The lowest BCUT2D eigenvalue weighted by molar-refractivity contribution is -0.142. The molecule has 2 aromatic carbocycles. The Bertz CT molecular complexity index is 914. The molecule has 32 heavy (non-hydrogen) atoms. The van der Waals surface area contributed by atoms with Crippen LogP contribution in [0.4, 0.5) is 0 Å². The van der Waals surface area contributed by atoms with Gasteiger partial charge in [-0.05, 0) is 69.4 Å². The summed E-state index contributed by atoms with van der Waals surface area (Å²) in [6.45, 7) is 8.11. The second-order valence-corrected chi connectivity index (χ2v) is 9.14. The second kappa shape index (κ2) is 11.2. The summed E-state index contributed by atoms with van der Waals surface area (Å²) < 4.78 is 5.83. The standard InChI is InChI=1S/C27H36N2O3/c1-19-9-8-10-23(14-19)17-29(22(4)27(31)28-24-11-6-5-7-12-24)26(30)18-32-25-15-20(2)13-21(3)16-25/h8-10,13-16,22,24H,5-7,11-12,17-18H2,1-4H3,(H,28,31). The topological polar surface area (TPSA) is 58.6 Å². The van der Waals surface area contributed by atoms with E-state index < -0.39 is 6.04 Å². The Labute approximate surface area is 192 Å². The van der Waals surface area contributed by atoms with Crippen LogP contribution in [0.2, 0.25) is 0 Å². The van der Waals surface area contributed by atoms with E-state index >= 15 is 0 Å². The molecule has 0 aliphatic heterocycles. The number of carbonyl (C=O) groups excluding carboxylic acids is 2. The molecule has 172 valence electrons. The van der Waals surface area contributed by atoms with E-state index in [0.29, 0.717) is 12.3 Å². The van der Waals surface area contributed by atoms with E-state index in [1.807, 2.05) is 58.0 Å². The summed E-state index contributed by atoms with van der Waals surface area (Å²) in [4.78, 5) is 27.9. The maximum atomic E-state index is 13.2. The number of aryl methyl sites for hydroxylation is 3. The fourth-order valence-corrected chi connectivity index (χ4v) is 4.40. The molecular formula is C27H36N2O3. The Morgan fingerprint density at radius 3 is 2.34 bits per heavy atom. The molecule has 1 unspecified atom stereocenters. The van der Waals surface area contributed by atoms with Crippen molar-refractivity contribution in [3.05, 3.63) is 64.7 Å². The molecule has 1 fully saturated rings. The Balaban J connectivity index is 1.72. The summed E-state index contributed by atoms with van der Waals surface area (Å²) in [5, 5.41) is 3.17. The average Bonchev–Trinajstić information content (AvgIpc) is 2.75. The quantitative estimate of drug-likeness (QED) is 0.643. The molecule has 1 aliphatic carbocycles. The van der Waals surface area contributed by atoms with Crippen LogP contribution in [0.15, 0.2) is 42.5 Å². The molecule has 1 atom stereocenters. The maximum Gasteiger partial charge on any atom is 0.261 e. The molecule has 0 heterocycles. The predicted molar refractivity (Wildman–Crippen MR) is 128 cm³/mol. The fourth-order valence-electron chi connectivity index (χ4n) is 4.40. The van der Waals surface area contributed by atoms with Gasteiger partial charge in [-0.2, -0.15) is 0 Å². The molecule has 0 saturated heterocycles. The number of nitrogens with zero attached hydrogens (tertiary/aromatic N) is 1. The van der Waals surface area contributed by atoms with Gasteiger partial charge in [0.2, 0.25) is 5.91 Å². The lowest BCUT2D eigenvalue weighted by Gasteiger charge is -2.31. The zero-order chi connectivity index (χ0) is 23.1. The van der Waals surface area contributed by atoms with E-state index in [1.54, 1.807) is 4.90 Å². The lowest BCUT2D eigenvalue weighted by Crippen LogP contribution is -2.51.